The number of thioether (sulfide) groups is 1. The molecule has 0 spiro atoms. The Hall–Kier alpha value is -2.49. The van der Waals surface area contributed by atoms with E-state index in [-0.39, 0.29) is 17.7 Å². The fourth-order valence-corrected chi connectivity index (χ4v) is 4.85. The smallest absolute Gasteiger partial charge is 0.234 e. The van der Waals surface area contributed by atoms with Crippen LogP contribution >= 0.6 is 11.8 Å². The maximum atomic E-state index is 12.4. The number of nitrogens with one attached hydrogen (secondary N) is 2. The Labute approximate surface area is 183 Å². The van der Waals surface area contributed by atoms with Crippen molar-refractivity contribution in [2.75, 3.05) is 37.6 Å². The maximum absolute atomic E-state index is 12.4. The highest BCUT2D eigenvalue weighted by Gasteiger charge is 2.21. The van der Waals surface area contributed by atoms with Crippen molar-refractivity contribution >= 4 is 23.4 Å². The van der Waals surface area contributed by atoms with Crippen molar-refractivity contribution in [3.05, 3.63) is 48.5 Å². The Bertz CT molecular complexity index is 852. The van der Waals surface area contributed by atoms with Crippen LogP contribution in [-0.4, -0.2) is 43.9 Å². The van der Waals surface area contributed by atoms with Crippen molar-refractivity contribution in [3.8, 4) is 17.2 Å². The number of carbonyl (C=O) groups excluding carboxylic acids is 1. The van der Waals surface area contributed by atoms with Gasteiger partial charge in [0.1, 0.15) is 6.54 Å². The summed E-state index contributed by atoms with van der Waals surface area (Å²) < 4.78 is 0. The molecule has 0 radical (unpaired) electrons. The van der Waals surface area contributed by atoms with Crippen LogP contribution in [0, 0.1) is 17.2 Å². The average molecular weight is 423 g/mol. The largest absolute Gasteiger partial charge is 0.369 e. The topological polar surface area (TPSA) is 68.2 Å². The minimum Gasteiger partial charge on any atom is -0.369 e. The molecule has 0 saturated carbocycles. The van der Waals surface area contributed by atoms with Crippen LogP contribution in [0.15, 0.2) is 53.4 Å². The molecule has 1 atom stereocenters. The minimum absolute atomic E-state index is 0.0524. The van der Waals surface area contributed by atoms with Gasteiger partial charge in [0.15, 0.2) is 0 Å². The van der Waals surface area contributed by atoms with Gasteiger partial charge in [-0.05, 0) is 47.7 Å². The van der Waals surface area contributed by atoms with Gasteiger partial charge in [0.2, 0.25) is 5.91 Å². The molecule has 0 aromatic heterocycles. The summed E-state index contributed by atoms with van der Waals surface area (Å²) in [5, 5.41) is 14.6. The first-order valence-electron chi connectivity index (χ1n) is 10.5. The molecule has 0 aliphatic carbocycles. The van der Waals surface area contributed by atoms with E-state index < -0.39 is 0 Å². The van der Waals surface area contributed by atoms with E-state index in [1.165, 1.54) is 16.8 Å². The molecule has 1 aliphatic rings. The van der Waals surface area contributed by atoms with Crippen molar-refractivity contribution in [1.82, 2.24) is 10.6 Å². The van der Waals surface area contributed by atoms with E-state index in [2.05, 4.69) is 77.9 Å². The number of hydrogen-bond acceptors (Lipinski definition) is 5. The molecule has 1 fully saturated rings. The summed E-state index contributed by atoms with van der Waals surface area (Å²) in [5.74, 6) is 0.339. The van der Waals surface area contributed by atoms with E-state index in [0.717, 1.165) is 37.5 Å². The SMILES string of the molecule is CC(C)C[C@@H](Sc1ccc(-c2ccc(N3CCNCC3)cc2)cc1)C(=O)NCC#N. The molecule has 158 valence electrons. The highest BCUT2D eigenvalue weighted by Crippen LogP contribution is 2.30. The van der Waals surface area contributed by atoms with Crippen LogP contribution in [0.5, 0.6) is 0 Å². The van der Waals surface area contributed by atoms with Crippen LogP contribution in [0.1, 0.15) is 20.3 Å². The molecule has 5 nitrogen and oxygen atoms in total. The summed E-state index contributed by atoms with van der Waals surface area (Å²) in [6, 6.07) is 19.1. The monoisotopic (exact) mass is 422 g/mol. The predicted molar refractivity (Wildman–Crippen MR) is 125 cm³/mol. The lowest BCUT2D eigenvalue weighted by atomic mass is 10.1. The van der Waals surface area contributed by atoms with Gasteiger partial charge in [0, 0.05) is 36.8 Å². The number of amides is 1. The summed E-state index contributed by atoms with van der Waals surface area (Å²) in [6.45, 7) is 8.43. The summed E-state index contributed by atoms with van der Waals surface area (Å²) in [7, 11) is 0. The molecular weight excluding hydrogens is 392 g/mol. The molecule has 1 heterocycles. The fourth-order valence-electron chi connectivity index (χ4n) is 3.56. The van der Waals surface area contributed by atoms with Crippen molar-refractivity contribution in [2.45, 2.75) is 30.4 Å². The average Bonchev–Trinajstić information content (AvgIpc) is 2.78. The lowest BCUT2D eigenvalue weighted by molar-refractivity contribution is -0.120. The van der Waals surface area contributed by atoms with E-state index in [4.69, 9.17) is 5.26 Å². The lowest BCUT2D eigenvalue weighted by Crippen LogP contribution is -2.43. The third kappa shape index (κ3) is 6.25. The Morgan fingerprint density at radius 3 is 2.27 bits per heavy atom. The van der Waals surface area contributed by atoms with E-state index in [1.807, 2.05) is 6.07 Å². The Morgan fingerprint density at radius 2 is 1.70 bits per heavy atom. The Balaban J connectivity index is 1.65. The number of anilines is 1. The van der Waals surface area contributed by atoms with Crippen molar-refractivity contribution in [3.63, 3.8) is 0 Å². The zero-order valence-corrected chi connectivity index (χ0v) is 18.5. The highest BCUT2D eigenvalue weighted by atomic mass is 32.2. The fraction of sp³-hybridized carbons (Fsp3) is 0.417. The van der Waals surface area contributed by atoms with E-state index in [9.17, 15) is 4.79 Å². The third-order valence-corrected chi connectivity index (χ3v) is 6.37. The number of rotatable bonds is 8. The second-order valence-corrected chi connectivity index (χ2v) is 9.20. The number of piperazine rings is 1. The zero-order valence-electron chi connectivity index (χ0n) is 17.7. The first-order valence-corrected chi connectivity index (χ1v) is 11.4. The Morgan fingerprint density at radius 1 is 1.10 bits per heavy atom. The van der Waals surface area contributed by atoms with E-state index in [0.29, 0.717) is 5.92 Å². The lowest BCUT2D eigenvalue weighted by Gasteiger charge is -2.29. The van der Waals surface area contributed by atoms with Gasteiger partial charge in [-0.3, -0.25) is 4.79 Å². The molecule has 2 aromatic rings. The van der Waals surface area contributed by atoms with Crippen molar-refractivity contribution < 1.29 is 4.79 Å². The molecule has 2 aromatic carbocycles. The quantitative estimate of drug-likeness (QED) is 0.499. The number of nitrogens with zero attached hydrogens (tertiary/aromatic N) is 2. The van der Waals surface area contributed by atoms with Gasteiger partial charge in [0.05, 0.1) is 11.3 Å². The maximum Gasteiger partial charge on any atom is 0.234 e. The minimum atomic E-state index is -0.192. The van der Waals surface area contributed by atoms with Gasteiger partial charge in [-0.1, -0.05) is 38.1 Å². The van der Waals surface area contributed by atoms with Crippen LogP contribution in [0.25, 0.3) is 11.1 Å². The summed E-state index contributed by atoms with van der Waals surface area (Å²) in [5.41, 5.74) is 3.63. The van der Waals surface area contributed by atoms with Gasteiger partial charge >= 0.3 is 0 Å². The number of carbonyl (C=O) groups is 1. The van der Waals surface area contributed by atoms with Crippen molar-refractivity contribution in [1.29, 1.82) is 5.26 Å². The molecule has 3 rings (SSSR count). The second kappa shape index (κ2) is 11.1. The summed E-state index contributed by atoms with van der Waals surface area (Å²) in [4.78, 5) is 15.9. The molecule has 6 heteroatoms. The third-order valence-electron chi connectivity index (χ3n) is 5.14. The number of hydrogen-bond donors (Lipinski definition) is 2. The molecule has 1 saturated heterocycles. The Kier molecular flexibility index (Phi) is 8.18. The van der Waals surface area contributed by atoms with E-state index >= 15 is 0 Å². The predicted octanol–water partition coefficient (Wildman–Crippen LogP) is 3.91. The molecule has 0 unspecified atom stereocenters. The van der Waals surface area contributed by atoms with Gasteiger partial charge < -0.3 is 15.5 Å². The van der Waals surface area contributed by atoms with Gasteiger partial charge in [-0.25, -0.2) is 0 Å². The van der Waals surface area contributed by atoms with Crippen LogP contribution in [0.2, 0.25) is 0 Å². The van der Waals surface area contributed by atoms with Gasteiger partial charge in [-0.15, -0.1) is 11.8 Å². The molecular formula is C24H30N4OS. The van der Waals surface area contributed by atoms with Gasteiger partial charge in [0.25, 0.3) is 0 Å². The standard InChI is InChI=1S/C24H30N4OS/c1-18(2)17-23(24(29)27-12-11-25)30-22-9-5-20(6-10-22)19-3-7-21(8-4-19)28-15-13-26-14-16-28/h3-10,18,23,26H,12-17H2,1-2H3,(H,27,29)/t23-/m1/s1. The van der Waals surface area contributed by atoms with Crippen LogP contribution < -0.4 is 15.5 Å². The molecule has 1 aliphatic heterocycles. The van der Waals surface area contributed by atoms with Crippen LogP contribution in [0.4, 0.5) is 5.69 Å². The second-order valence-electron chi connectivity index (χ2n) is 7.92. The van der Waals surface area contributed by atoms with Crippen LogP contribution in [-0.2, 0) is 4.79 Å². The van der Waals surface area contributed by atoms with Crippen LogP contribution in [0.3, 0.4) is 0 Å². The molecule has 1 amide bonds. The number of nitriles is 1. The molecule has 0 bridgehead atoms. The highest BCUT2D eigenvalue weighted by molar-refractivity contribution is 8.00. The zero-order chi connectivity index (χ0) is 21.3. The summed E-state index contributed by atoms with van der Waals surface area (Å²) in [6.07, 6.45) is 0.775. The summed E-state index contributed by atoms with van der Waals surface area (Å²) >= 11 is 1.57. The first kappa shape index (κ1) is 22.2. The van der Waals surface area contributed by atoms with Gasteiger partial charge in [-0.2, -0.15) is 5.26 Å². The first-order chi connectivity index (χ1) is 14.6. The van der Waals surface area contributed by atoms with E-state index in [1.54, 1.807) is 11.8 Å². The molecule has 30 heavy (non-hydrogen) atoms. The number of benzene rings is 2. The molecule has 2 N–H and O–H groups in total. The normalized spacial score (nSPS) is 14.9. The van der Waals surface area contributed by atoms with Crippen molar-refractivity contribution in [2.24, 2.45) is 5.92 Å².